The largest absolute Gasteiger partial charge is 0.444 e. The Bertz CT molecular complexity index is 1170. The Balaban J connectivity index is 2.25. The molecule has 3 heterocycles. The quantitative estimate of drug-likeness (QED) is 0.437. The van der Waals surface area contributed by atoms with Crippen molar-refractivity contribution >= 4 is 17.6 Å². The van der Waals surface area contributed by atoms with Crippen LogP contribution in [0.5, 0.6) is 0 Å². The van der Waals surface area contributed by atoms with Crippen LogP contribution in [-0.2, 0) is 16.5 Å². The molecule has 1 aliphatic rings. The highest BCUT2D eigenvalue weighted by molar-refractivity contribution is 5.98. The van der Waals surface area contributed by atoms with Gasteiger partial charge in [-0.2, -0.15) is 26.3 Å². The van der Waals surface area contributed by atoms with Crippen molar-refractivity contribution < 1.29 is 50.2 Å². The first-order chi connectivity index (χ1) is 16.9. The molecule has 0 fully saturated rings. The second-order valence-corrected chi connectivity index (χ2v) is 9.51. The molecule has 9 nitrogen and oxygen atoms in total. The average molecular weight is 538 g/mol. The van der Waals surface area contributed by atoms with E-state index in [0.717, 1.165) is 0 Å². The van der Waals surface area contributed by atoms with Gasteiger partial charge in [-0.1, -0.05) is 12.8 Å². The summed E-state index contributed by atoms with van der Waals surface area (Å²) < 4.78 is 93.1. The molecule has 2 N–H and O–H groups in total. The summed E-state index contributed by atoms with van der Waals surface area (Å²) in [6, 6.07) is 0.394. The van der Waals surface area contributed by atoms with Crippen molar-refractivity contribution in [2.75, 3.05) is 5.32 Å². The Kier molecular flexibility index (Phi) is 7.59. The van der Waals surface area contributed by atoms with Crippen molar-refractivity contribution in [2.45, 2.75) is 82.9 Å². The van der Waals surface area contributed by atoms with E-state index < -0.39 is 76.3 Å². The molecule has 204 valence electrons. The fourth-order valence-corrected chi connectivity index (χ4v) is 3.61. The third-order valence-corrected chi connectivity index (χ3v) is 5.37. The second kappa shape index (κ2) is 9.91. The maximum absolute atomic E-state index is 13.9. The number of carbonyl (C=O) groups excluding carboxylic acids is 2. The van der Waals surface area contributed by atoms with E-state index in [1.165, 1.54) is 20.8 Å². The van der Waals surface area contributed by atoms with E-state index in [1.807, 2.05) is 5.32 Å². The molecule has 1 aliphatic heterocycles. The number of fused-ring (bicyclic) bond motifs is 5. The molecule has 0 saturated carbocycles. The van der Waals surface area contributed by atoms with E-state index in [4.69, 9.17) is 9.15 Å². The number of rotatable bonds is 1. The average Bonchev–Trinajstić information content (AvgIpc) is 3.22. The first kappa shape index (κ1) is 28.3. The van der Waals surface area contributed by atoms with E-state index in [1.54, 1.807) is 0 Å². The first-order valence-electron chi connectivity index (χ1n) is 11.2. The molecule has 0 aromatic carbocycles. The van der Waals surface area contributed by atoms with E-state index >= 15 is 0 Å². The highest BCUT2D eigenvalue weighted by atomic mass is 19.4. The van der Waals surface area contributed by atoms with Crippen LogP contribution in [0.1, 0.15) is 81.2 Å². The number of nitrogens with zero attached hydrogens (tertiary/aromatic N) is 3. The maximum Gasteiger partial charge on any atom is 0.426 e. The van der Waals surface area contributed by atoms with Crippen LogP contribution in [0.4, 0.5) is 36.8 Å². The number of pyridine rings is 1. The van der Waals surface area contributed by atoms with E-state index in [2.05, 4.69) is 15.2 Å². The van der Waals surface area contributed by atoms with Gasteiger partial charge < -0.3 is 14.3 Å². The van der Waals surface area contributed by atoms with Crippen LogP contribution >= 0.6 is 0 Å². The molecule has 4 bridgehead atoms. The Morgan fingerprint density at radius 2 is 1.70 bits per heavy atom. The van der Waals surface area contributed by atoms with Gasteiger partial charge in [-0.15, -0.1) is 10.2 Å². The molecule has 15 heteroatoms. The zero-order chi connectivity index (χ0) is 27.8. The number of carbonyl (C=O) groups is 2. The molecule has 0 radical (unpaired) electrons. The monoisotopic (exact) mass is 538 g/mol. The van der Waals surface area contributed by atoms with Crippen LogP contribution in [0.3, 0.4) is 0 Å². The van der Waals surface area contributed by atoms with Crippen molar-refractivity contribution in [1.29, 1.82) is 0 Å². The number of amides is 1. The van der Waals surface area contributed by atoms with Gasteiger partial charge in [0.05, 0.1) is 11.3 Å². The highest BCUT2D eigenvalue weighted by Crippen LogP contribution is 2.44. The summed E-state index contributed by atoms with van der Waals surface area (Å²) >= 11 is 0. The number of aliphatic hydroxyl groups is 1. The Hall–Kier alpha value is -3.23. The summed E-state index contributed by atoms with van der Waals surface area (Å²) in [7, 11) is 0. The number of ketones is 1. The lowest BCUT2D eigenvalue weighted by atomic mass is 9.94. The number of anilines is 1. The molecule has 0 saturated heterocycles. The predicted molar refractivity (Wildman–Crippen MR) is 114 cm³/mol. The van der Waals surface area contributed by atoms with Crippen molar-refractivity contribution in [2.24, 2.45) is 0 Å². The summed E-state index contributed by atoms with van der Waals surface area (Å²) in [4.78, 5) is 28.7. The van der Waals surface area contributed by atoms with Gasteiger partial charge in [0, 0.05) is 6.42 Å². The smallest absolute Gasteiger partial charge is 0.426 e. The van der Waals surface area contributed by atoms with Crippen LogP contribution in [0, 0.1) is 0 Å². The summed E-state index contributed by atoms with van der Waals surface area (Å²) in [5.41, 5.74) is -8.52. The van der Waals surface area contributed by atoms with Crippen molar-refractivity contribution in [3.63, 3.8) is 0 Å². The van der Waals surface area contributed by atoms with E-state index in [0.29, 0.717) is 6.07 Å². The van der Waals surface area contributed by atoms with Crippen LogP contribution in [0.25, 0.3) is 11.6 Å². The van der Waals surface area contributed by atoms with Crippen LogP contribution in [0.15, 0.2) is 10.5 Å². The minimum atomic E-state index is -5.22. The molecular weight excluding hydrogens is 514 g/mol. The molecule has 3 rings (SSSR count). The van der Waals surface area contributed by atoms with Gasteiger partial charge in [0.1, 0.15) is 11.3 Å². The molecule has 1 amide bonds. The molecule has 2 aromatic rings. The molecule has 37 heavy (non-hydrogen) atoms. The number of alkyl halides is 6. The lowest BCUT2D eigenvalue weighted by Gasteiger charge is -2.27. The van der Waals surface area contributed by atoms with Crippen molar-refractivity contribution in [3.05, 3.63) is 23.2 Å². The van der Waals surface area contributed by atoms with Gasteiger partial charge in [0.2, 0.25) is 5.60 Å². The van der Waals surface area contributed by atoms with Gasteiger partial charge >= 0.3 is 18.4 Å². The van der Waals surface area contributed by atoms with Gasteiger partial charge in [0.25, 0.3) is 11.8 Å². The normalized spacial score (nSPS) is 19.8. The lowest BCUT2D eigenvalue weighted by Crippen LogP contribution is -2.42. The number of aromatic nitrogens is 3. The van der Waals surface area contributed by atoms with Gasteiger partial charge in [-0.05, 0) is 46.1 Å². The number of ether oxygens (including phenoxy) is 1. The Morgan fingerprint density at radius 3 is 2.30 bits per heavy atom. The SMILES string of the molecule is CC(C)(C)OC(=O)Nc1cc(C(F)(F)F)c2nc1-c1nnc(o1)[C@@](O)(C(F)(F)F)CCCCCCC2=O. The molecule has 0 spiro atoms. The van der Waals surface area contributed by atoms with Crippen LogP contribution in [-0.4, -0.2) is 43.9 Å². The Labute approximate surface area is 206 Å². The second-order valence-electron chi connectivity index (χ2n) is 9.51. The Morgan fingerprint density at radius 1 is 1.05 bits per heavy atom. The minimum Gasteiger partial charge on any atom is -0.444 e. The summed E-state index contributed by atoms with van der Waals surface area (Å²) in [6.07, 6.45) is -12.4. The fourth-order valence-electron chi connectivity index (χ4n) is 3.61. The number of nitrogens with one attached hydrogen (secondary N) is 1. The molecule has 0 unspecified atom stereocenters. The van der Waals surface area contributed by atoms with E-state index in [9.17, 15) is 41.0 Å². The van der Waals surface area contributed by atoms with Gasteiger partial charge in [-0.3, -0.25) is 10.1 Å². The number of halogens is 6. The third kappa shape index (κ3) is 6.37. The number of Topliss-reactive ketones (excluding diaryl/α,β-unsaturated/α-hetero) is 1. The van der Waals surface area contributed by atoms with Crippen LogP contribution < -0.4 is 5.32 Å². The molecule has 2 aromatic heterocycles. The molecule has 1 atom stereocenters. The maximum atomic E-state index is 13.9. The van der Waals surface area contributed by atoms with Crippen molar-refractivity contribution in [3.8, 4) is 11.6 Å². The van der Waals surface area contributed by atoms with Gasteiger partial charge in [-0.25, -0.2) is 9.78 Å². The lowest BCUT2D eigenvalue weighted by molar-refractivity contribution is -0.277. The summed E-state index contributed by atoms with van der Waals surface area (Å²) in [5.74, 6) is -3.09. The molecular formula is C22H24F6N4O5. The number of hydrogen-bond acceptors (Lipinski definition) is 8. The van der Waals surface area contributed by atoms with Crippen molar-refractivity contribution in [1.82, 2.24) is 15.2 Å². The topological polar surface area (TPSA) is 127 Å². The fraction of sp³-hybridized carbons (Fsp3) is 0.591. The zero-order valence-electron chi connectivity index (χ0n) is 20.0. The van der Waals surface area contributed by atoms with E-state index in [-0.39, 0.29) is 32.1 Å². The third-order valence-electron chi connectivity index (χ3n) is 5.37. The van der Waals surface area contributed by atoms with Gasteiger partial charge in [0.15, 0.2) is 11.5 Å². The summed E-state index contributed by atoms with van der Waals surface area (Å²) in [6.45, 7) is 4.46. The zero-order valence-corrected chi connectivity index (χ0v) is 20.0. The summed E-state index contributed by atoms with van der Waals surface area (Å²) in [5, 5.41) is 19.2. The standard InChI is InChI=1S/C22H24F6N4O5/c1-19(2,3)37-18(34)29-12-10-11(21(23,24)25)14-13(33)8-6-4-5-7-9-20(35,22(26,27)28)17-32-31-16(36-17)15(12)30-14/h10,35H,4-9H2,1-3H3,(H,29,34)/t20-/m1/s1. The first-order valence-corrected chi connectivity index (χ1v) is 11.2. The highest BCUT2D eigenvalue weighted by Gasteiger charge is 2.58. The predicted octanol–water partition coefficient (Wildman–Crippen LogP) is 5.78. The minimum absolute atomic E-state index is 0.0773. The molecule has 0 aliphatic carbocycles. The number of hydrogen-bond donors (Lipinski definition) is 2. The van der Waals surface area contributed by atoms with Crippen LogP contribution in [0.2, 0.25) is 0 Å².